The predicted molar refractivity (Wildman–Crippen MR) is 50.4 cm³/mol. The average molecular weight is 182 g/mol. The van der Waals surface area contributed by atoms with Crippen LogP contribution in [0.5, 0.6) is 0 Å². The maximum Gasteiger partial charge on any atom is 0.221 e. The Hall–Kier alpha value is -1.52. The van der Waals surface area contributed by atoms with E-state index in [-0.39, 0.29) is 5.91 Å². The molecule has 72 valence electrons. The highest BCUT2D eigenvalue weighted by molar-refractivity contribution is 5.75. The van der Waals surface area contributed by atoms with Crippen molar-refractivity contribution < 1.29 is 4.79 Å². The smallest absolute Gasteiger partial charge is 0.221 e. The van der Waals surface area contributed by atoms with Crippen molar-refractivity contribution in [3.63, 3.8) is 0 Å². The first-order valence-corrected chi connectivity index (χ1v) is 4.16. The summed E-state index contributed by atoms with van der Waals surface area (Å²) in [7, 11) is 3.48. The molecule has 1 amide bonds. The molecule has 0 radical (unpaired) electrons. The normalized spacial score (nSPS) is 9.69. The van der Waals surface area contributed by atoms with E-state index in [0.29, 0.717) is 13.0 Å². The number of nitrogens with one attached hydrogen (secondary N) is 2. The number of aryl methyl sites for hydroxylation is 1. The van der Waals surface area contributed by atoms with Crippen LogP contribution < -0.4 is 10.6 Å². The summed E-state index contributed by atoms with van der Waals surface area (Å²) in [5.74, 6) is 0.829. The summed E-state index contributed by atoms with van der Waals surface area (Å²) in [6.07, 6.45) is 2.31. The van der Waals surface area contributed by atoms with Gasteiger partial charge in [0.15, 0.2) is 0 Å². The van der Waals surface area contributed by atoms with E-state index < -0.39 is 0 Å². The van der Waals surface area contributed by atoms with E-state index in [4.69, 9.17) is 0 Å². The van der Waals surface area contributed by atoms with Gasteiger partial charge in [-0.15, -0.1) is 0 Å². The van der Waals surface area contributed by atoms with Crippen molar-refractivity contribution >= 4 is 11.7 Å². The Balaban J connectivity index is 2.24. The highest BCUT2D eigenvalue weighted by Crippen LogP contribution is 1.99. The monoisotopic (exact) mass is 182 g/mol. The first-order valence-electron chi connectivity index (χ1n) is 4.16. The molecule has 5 nitrogen and oxygen atoms in total. The fourth-order valence-electron chi connectivity index (χ4n) is 0.938. The van der Waals surface area contributed by atoms with Crippen molar-refractivity contribution in [1.82, 2.24) is 15.1 Å². The van der Waals surface area contributed by atoms with Gasteiger partial charge in [0.05, 0.1) is 0 Å². The number of aromatic nitrogens is 2. The van der Waals surface area contributed by atoms with Crippen LogP contribution in [-0.2, 0) is 11.8 Å². The molecule has 2 N–H and O–H groups in total. The lowest BCUT2D eigenvalue weighted by atomic mass is 10.4. The second kappa shape index (κ2) is 4.49. The number of amides is 1. The molecule has 0 saturated heterocycles. The lowest BCUT2D eigenvalue weighted by Crippen LogP contribution is -2.20. The van der Waals surface area contributed by atoms with Gasteiger partial charge >= 0.3 is 0 Å². The van der Waals surface area contributed by atoms with E-state index in [1.54, 1.807) is 11.7 Å². The second-order valence-corrected chi connectivity index (χ2v) is 2.72. The lowest BCUT2D eigenvalue weighted by molar-refractivity contribution is -0.120. The number of hydrogen-bond donors (Lipinski definition) is 2. The summed E-state index contributed by atoms with van der Waals surface area (Å²) in [5.41, 5.74) is 0. The van der Waals surface area contributed by atoms with Crippen LogP contribution in [0.4, 0.5) is 5.82 Å². The number of anilines is 1. The van der Waals surface area contributed by atoms with Crippen LogP contribution in [-0.4, -0.2) is 29.3 Å². The van der Waals surface area contributed by atoms with Crippen molar-refractivity contribution in [2.75, 3.05) is 18.9 Å². The predicted octanol–water partition coefficient (Wildman–Crippen LogP) is -0.0319. The molecule has 1 aromatic heterocycles. The molecule has 0 atom stereocenters. The quantitative estimate of drug-likeness (QED) is 0.687. The Morgan fingerprint density at radius 2 is 2.46 bits per heavy atom. The van der Waals surface area contributed by atoms with Crippen LogP contribution in [0.25, 0.3) is 0 Å². The summed E-state index contributed by atoms with van der Waals surface area (Å²) in [5, 5.41) is 9.70. The van der Waals surface area contributed by atoms with Gasteiger partial charge in [0.25, 0.3) is 0 Å². The van der Waals surface area contributed by atoms with Crippen LogP contribution in [0.2, 0.25) is 0 Å². The number of nitrogens with zero attached hydrogens (tertiary/aromatic N) is 2. The van der Waals surface area contributed by atoms with E-state index in [2.05, 4.69) is 15.7 Å². The zero-order valence-corrected chi connectivity index (χ0v) is 7.87. The van der Waals surface area contributed by atoms with Crippen LogP contribution >= 0.6 is 0 Å². The highest BCUT2D eigenvalue weighted by Gasteiger charge is 1.98. The molecule has 0 aromatic carbocycles. The van der Waals surface area contributed by atoms with E-state index in [1.165, 1.54) is 0 Å². The molecule has 5 heteroatoms. The number of carbonyl (C=O) groups excluding carboxylic acids is 1. The molecule has 0 bridgehead atoms. The molecule has 0 aliphatic carbocycles. The second-order valence-electron chi connectivity index (χ2n) is 2.72. The van der Waals surface area contributed by atoms with Gasteiger partial charge in [-0.25, -0.2) is 0 Å². The zero-order chi connectivity index (χ0) is 9.68. The Labute approximate surface area is 77.1 Å². The molecular weight excluding hydrogens is 168 g/mol. The molecule has 0 aliphatic heterocycles. The summed E-state index contributed by atoms with van der Waals surface area (Å²) in [6.45, 7) is 0.608. The van der Waals surface area contributed by atoms with Gasteiger partial charge in [-0.1, -0.05) is 0 Å². The Morgan fingerprint density at radius 3 is 3.00 bits per heavy atom. The summed E-state index contributed by atoms with van der Waals surface area (Å²) in [4.78, 5) is 10.8. The fraction of sp³-hybridized carbons (Fsp3) is 0.500. The molecule has 0 aliphatic rings. The minimum absolute atomic E-state index is 0.0310. The van der Waals surface area contributed by atoms with E-state index in [0.717, 1.165) is 5.82 Å². The van der Waals surface area contributed by atoms with Gasteiger partial charge in [0.2, 0.25) is 5.91 Å². The fourth-order valence-corrected chi connectivity index (χ4v) is 0.938. The van der Waals surface area contributed by atoms with Crippen LogP contribution in [0.3, 0.4) is 0 Å². The molecule has 1 rings (SSSR count). The molecule has 0 unspecified atom stereocenters. The average Bonchev–Trinajstić information content (AvgIpc) is 2.51. The van der Waals surface area contributed by atoms with Crippen LogP contribution in [0.15, 0.2) is 12.3 Å². The summed E-state index contributed by atoms with van der Waals surface area (Å²) in [6, 6.07) is 1.86. The molecule has 13 heavy (non-hydrogen) atoms. The maximum atomic E-state index is 10.8. The van der Waals surface area contributed by atoms with Gasteiger partial charge in [-0.2, -0.15) is 5.10 Å². The molecule has 1 aromatic rings. The molecular formula is C8H14N4O. The molecule has 0 fully saturated rings. The SMILES string of the molecule is CNC(=O)CCNc1ccn(C)n1. The van der Waals surface area contributed by atoms with Crippen molar-refractivity contribution in [3.05, 3.63) is 12.3 Å². The molecule has 1 heterocycles. The Kier molecular flexibility index (Phi) is 3.31. The first kappa shape index (κ1) is 9.57. The van der Waals surface area contributed by atoms with E-state index >= 15 is 0 Å². The van der Waals surface area contributed by atoms with Crippen molar-refractivity contribution in [1.29, 1.82) is 0 Å². The van der Waals surface area contributed by atoms with Gasteiger partial charge in [-0.05, 0) is 0 Å². The Morgan fingerprint density at radius 1 is 1.69 bits per heavy atom. The number of hydrogen-bond acceptors (Lipinski definition) is 3. The van der Waals surface area contributed by atoms with Crippen molar-refractivity contribution in [3.8, 4) is 0 Å². The highest BCUT2D eigenvalue weighted by atomic mass is 16.1. The van der Waals surface area contributed by atoms with Gasteiger partial charge in [0, 0.05) is 39.3 Å². The third kappa shape index (κ3) is 3.14. The summed E-state index contributed by atoms with van der Waals surface area (Å²) >= 11 is 0. The zero-order valence-electron chi connectivity index (χ0n) is 7.87. The lowest BCUT2D eigenvalue weighted by Gasteiger charge is -2.01. The molecule has 0 spiro atoms. The van der Waals surface area contributed by atoms with Crippen molar-refractivity contribution in [2.24, 2.45) is 7.05 Å². The minimum Gasteiger partial charge on any atom is -0.368 e. The number of carbonyl (C=O) groups is 1. The first-order chi connectivity index (χ1) is 6.22. The van der Waals surface area contributed by atoms with Gasteiger partial charge in [-0.3, -0.25) is 9.48 Å². The maximum absolute atomic E-state index is 10.8. The third-order valence-electron chi connectivity index (χ3n) is 1.65. The van der Waals surface area contributed by atoms with Crippen LogP contribution in [0.1, 0.15) is 6.42 Å². The van der Waals surface area contributed by atoms with E-state index in [9.17, 15) is 4.79 Å². The third-order valence-corrected chi connectivity index (χ3v) is 1.65. The van der Waals surface area contributed by atoms with Crippen molar-refractivity contribution in [2.45, 2.75) is 6.42 Å². The van der Waals surface area contributed by atoms with Gasteiger partial charge in [0.1, 0.15) is 5.82 Å². The van der Waals surface area contributed by atoms with Gasteiger partial charge < -0.3 is 10.6 Å². The summed E-state index contributed by atoms with van der Waals surface area (Å²) < 4.78 is 1.71. The van der Waals surface area contributed by atoms with Crippen LogP contribution in [0, 0.1) is 0 Å². The number of rotatable bonds is 4. The van der Waals surface area contributed by atoms with E-state index in [1.807, 2.05) is 19.3 Å². The largest absolute Gasteiger partial charge is 0.368 e. The molecule has 0 saturated carbocycles. The standard InChI is InChI=1S/C8H14N4O/c1-9-8(13)3-5-10-7-4-6-12(2)11-7/h4,6H,3,5H2,1-2H3,(H,9,13)(H,10,11). The topological polar surface area (TPSA) is 59.0 Å². The Bertz CT molecular complexity index is 281. The minimum atomic E-state index is 0.0310.